The first kappa shape index (κ1) is 19.2. The molecule has 0 radical (unpaired) electrons. The van der Waals surface area contributed by atoms with E-state index in [2.05, 4.69) is 34.4 Å². The van der Waals surface area contributed by atoms with E-state index in [9.17, 15) is 0 Å². The topological polar surface area (TPSA) is 63.9 Å². The molecule has 27 heavy (non-hydrogen) atoms. The van der Waals surface area contributed by atoms with Crippen molar-refractivity contribution in [1.82, 2.24) is 20.0 Å². The first-order chi connectivity index (χ1) is 13.2. The van der Waals surface area contributed by atoms with E-state index >= 15 is 0 Å². The van der Waals surface area contributed by atoms with Crippen LogP contribution in [0.1, 0.15) is 24.2 Å². The second-order valence-corrected chi connectivity index (χ2v) is 6.59. The van der Waals surface area contributed by atoms with E-state index in [0.717, 1.165) is 49.9 Å². The van der Waals surface area contributed by atoms with E-state index in [0.29, 0.717) is 6.61 Å². The molecule has 1 aliphatic rings. The van der Waals surface area contributed by atoms with Gasteiger partial charge in [0.15, 0.2) is 5.96 Å². The predicted molar refractivity (Wildman–Crippen MR) is 106 cm³/mol. The fraction of sp³-hybridized carbons (Fsp3) is 0.500. The van der Waals surface area contributed by atoms with E-state index in [1.165, 1.54) is 5.56 Å². The number of nitrogens with zero attached hydrogens (tertiary/aromatic N) is 4. The highest BCUT2D eigenvalue weighted by Crippen LogP contribution is 2.21. The van der Waals surface area contributed by atoms with E-state index in [4.69, 9.17) is 14.5 Å². The van der Waals surface area contributed by atoms with Gasteiger partial charge in [-0.05, 0) is 31.0 Å². The van der Waals surface area contributed by atoms with Crippen molar-refractivity contribution in [3.63, 3.8) is 0 Å². The minimum Gasteiger partial charge on any atom is -0.497 e. The van der Waals surface area contributed by atoms with Crippen molar-refractivity contribution in [1.29, 1.82) is 0 Å². The van der Waals surface area contributed by atoms with Gasteiger partial charge in [0.25, 0.3) is 0 Å². The molecule has 0 aliphatic carbocycles. The van der Waals surface area contributed by atoms with Gasteiger partial charge in [-0.25, -0.2) is 0 Å². The number of benzene rings is 1. The monoisotopic (exact) mass is 371 g/mol. The number of methoxy groups -OCH3 is 1. The molecular formula is C20H29N5O2. The van der Waals surface area contributed by atoms with E-state index < -0.39 is 0 Å². The van der Waals surface area contributed by atoms with Crippen LogP contribution < -0.4 is 10.1 Å². The first-order valence-electron chi connectivity index (χ1n) is 9.46. The van der Waals surface area contributed by atoms with Crippen LogP contribution in [0, 0.1) is 0 Å². The Kier molecular flexibility index (Phi) is 6.70. The number of hydrogen-bond donors (Lipinski definition) is 1. The normalized spacial score (nSPS) is 17.8. The Morgan fingerprint density at radius 3 is 3.07 bits per heavy atom. The number of aromatic nitrogens is 2. The number of nitrogens with one attached hydrogen (secondary N) is 1. The highest BCUT2D eigenvalue weighted by atomic mass is 16.5. The number of rotatable bonds is 6. The zero-order chi connectivity index (χ0) is 19.1. The largest absolute Gasteiger partial charge is 0.497 e. The van der Waals surface area contributed by atoms with Crippen LogP contribution in [-0.2, 0) is 18.2 Å². The van der Waals surface area contributed by atoms with Crippen LogP contribution in [0.15, 0.2) is 41.7 Å². The van der Waals surface area contributed by atoms with Crippen LogP contribution in [0.2, 0.25) is 0 Å². The molecule has 146 valence electrons. The van der Waals surface area contributed by atoms with Gasteiger partial charge in [-0.2, -0.15) is 5.10 Å². The minimum atomic E-state index is 0.0229. The molecule has 2 heterocycles. The average Bonchev–Trinajstić information content (AvgIpc) is 3.14. The lowest BCUT2D eigenvalue weighted by Crippen LogP contribution is -2.48. The molecule has 7 heteroatoms. The molecule has 3 rings (SSSR count). The van der Waals surface area contributed by atoms with Crippen LogP contribution in [0.5, 0.6) is 5.75 Å². The molecule has 7 nitrogen and oxygen atoms in total. The smallest absolute Gasteiger partial charge is 0.194 e. The molecule has 0 spiro atoms. The third kappa shape index (κ3) is 5.23. The first-order valence-corrected chi connectivity index (χ1v) is 9.46. The standard InChI is InChI=1S/C20H29N5O2/c1-4-21-20(22-9-8-16-6-5-7-18(12-16)26-3)25-10-11-27-19(15-25)17-13-23-24(2)14-17/h5-7,12-14,19H,4,8-11,15H2,1-3H3,(H,21,22). The Balaban J connectivity index is 1.63. The van der Waals surface area contributed by atoms with Crippen molar-refractivity contribution in [2.24, 2.45) is 12.0 Å². The molecule has 2 aromatic rings. The van der Waals surface area contributed by atoms with Crippen molar-refractivity contribution < 1.29 is 9.47 Å². The lowest BCUT2D eigenvalue weighted by molar-refractivity contribution is -0.00803. The number of hydrogen-bond acceptors (Lipinski definition) is 4. The molecule has 1 N–H and O–H groups in total. The maximum Gasteiger partial charge on any atom is 0.194 e. The Morgan fingerprint density at radius 1 is 1.44 bits per heavy atom. The number of aryl methyl sites for hydroxylation is 1. The van der Waals surface area contributed by atoms with Gasteiger partial charge in [-0.1, -0.05) is 12.1 Å². The molecule has 1 aliphatic heterocycles. The number of aliphatic imine (C=N–C) groups is 1. The van der Waals surface area contributed by atoms with Crippen molar-refractivity contribution in [3.8, 4) is 5.75 Å². The molecule has 1 unspecified atom stereocenters. The van der Waals surface area contributed by atoms with Gasteiger partial charge in [0.1, 0.15) is 11.9 Å². The Bertz CT molecular complexity index is 758. The van der Waals surface area contributed by atoms with Gasteiger partial charge < -0.3 is 19.7 Å². The molecule has 1 aromatic heterocycles. The van der Waals surface area contributed by atoms with Crippen LogP contribution in [0.4, 0.5) is 0 Å². The summed E-state index contributed by atoms with van der Waals surface area (Å²) < 4.78 is 13.0. The van der Waals surface area contributed by atoms with Crippen LogP contribution in [0.25, 0.3) is 0 Å². The summed E-state index contributed by atoms with van der Waals surface area (Å²) in [7, 11) is 3.62. The third-order valence-electron chi connectivity index (χ3n) is 4.59. The highest BCUT2D eigenvalue weighted by Gasteiger charge is 2.25. The van der Waals surface area contributed by atoms with Crippen LogP contribution in [0.3, 0.4) is 0 Å². The third-order valence-corrected chi connectivity index (χ3v) is 4.59. The predicted octanol–water partition coefficient (Wildman–Crippen LogP) is 2.01. The summed E-state index contributed by atoms with van der Waals surface area (Å²) in [5.41, 5.74) is 2.33. The van der Waals surface area contributed by atoms with Gasteiger partial charge in [-0.3, -0.25) is 9.67 Å². The lowest BCUT2D eigenvalue weighted by Gasteiger charge is -2.34. The van der Waals surface area contributed by atoms with Crippen molar-refractivity contribution in [2.75, 3.05) is 39.9 Å². The quantitative estimate of drug-likeness (QED) is 0.622. The number of guanidine groups is 1. The average molecular weight is 371 g/mol. The Hall–Kier alpha value is -2.54. The summed E-state index contributed by atoms with van der Waals surface area (Å²) in [5.74, 6) is 1.83. The Labute approximate surface area is 161 Å². The van der Waals surface area contributed by atoms with Crippen molar-refractivity contribution >= 4 is 5.96 Å². The summed E-state index contributed by atoms with van der Waals surface area (Å²) in [5, 5.41) is 7.67. The zero-order valence-electron chi connectivity index (χ0n) is 16.4. The van der Waals surface area contributed by atoms with Gasteiger partial charge in [0.2, 0.25) is 0 Å². The second kappa shape index (κ2) is 9.41. The minimum absolute atomic E-state index is 0.0229. The van der Waals surface area contributed by atoms with Crippen LogP contribution >= 0.6 is 0 Å². The molecule has 0 amide bonds. The van der Waals surface area contributed by atoms with E-state index in [1.54, 1.807) is 7.11 Å². The zero-order valence-corrected chi connectivity index (χ0v) is 16.4. The van der Waals surface area contributed by atoms with Crippen molar-refractivity contribution in [3.05, 3.63) is 47.8 Å². The van der Waals surface area contributed by atoms with Crippen molar-refractivity contribution in [2.45, 2.75) is 19.4 Å². The van der Waals surface area contributed by atoms with Gasteiger partial charge in [0.05, 0.1) is 26.5 Å². The summed E-state index contributed by atoms with van der Waals surface area (Å²) in [6, 6.07) is 8.15. The molecule has 0 bridgehead atoms. The summed E-state index contributed by atoms with van der Waals surface area (Å²) in [6.07, 6.45) is 4.79. The highest BCUT2D eigenvalue weighted by molar-refractivity contribution is 5.80. The maximum absolute atomic E-state index is 5.94. The number of morpholine rings is 1. The lowest BCUT2D eigenvalue weighted by atomic mass is 10.1. The van der Waals surface area contributed by atoms with Gasteiger partial charge in [0, 0.05) is 38.4 Å². The molecule has 1 aromatic carbocycles. The molecule has 1 saturated heterocycles. The maximum atomic E-state index is 5.94. The Morgan fingerprint density at radius 2 is 2.33 bits per heavy atom. The molecule has 1 fully saturated rings. The fourth-order valence-electron chi connectivity index (χ4n) is 3.19. The SMILES string of the molecule is CCNC(=NCCc1cccc(OC)c1)N1CCOC(c2cnn(C)c2)C1. The van der Waals surface area contributed by atoms with E-state index in [-0.39, 0.29) is 6.10 Å². The second-order valence-electron chi connectivity index (χ2n) is 6.59. The van der Waals surface area contributed by atoms with Gasteiger partial charge >= 0.3 is 0 Å². The fourth-order valence-corrected chi connectivity index (χ4v) is 3.19. The summed E-state index contributed by atoms with van der Waals surface area (Å²) in [6.45, 7) is 5.95. The van der Waals surface area contributed by atoms with E-state index in [1.807, 2.05) is 36.3 Å². The van der Waals surface area contributed by atoms with Crippen LogP contribution in [-0.4, -0.2) is 60.5 Å². The number of ether oxygens (including phenoxy) is 2. The summed E-state index contributed by atoms with van der Waals surface area (Å²) >= 11 is 0. The molecule has 1 atom stereocenters. The van der Waals surface area contributed by atoms with Gasteiger partial charge in [-0.15, -0.1) is 0 Å². The summed E-state index contributed by atoms with van der Waals surface area (Å²) in [4.78, 5) is 7.11. The molecular weight excluding hydrogens is 342 g/mol. The molecule has 0 saturated carbocycles.